The third-order valence-corrected chi connectivity index (χ3v) is 6.44. The van der Waals surface area contributed by atoms with Crippen LogP contribution in [0.25, 0.3) is 0 Å². The van der Waals surface area contributed by atoms with Gasteiger partial charge in [-0.2, -0.15) is 5.26 Å². The number of nitrogens with one attached hydrogen (secondary N) is 1. The van der Waals surface area contributed by atoms with Crippen LogP contribution < -0.4 is 9.62 Å². The van der Waals surface area contributed by atoms with Crippen LogP contribution in [0.15, 0.2) is 58.3 Å². The van der Waals surface area contributed by atoms with E-state index in [-0.39, 0.29) is 21.4 Å². The average molecular weight is 446 g/mol. The summed E-state index contributed by atoms with van der Waals surface area (Å²) >= 11 is 1.04. The Balaban J connectivity index is 1.97. The van der Waals surface area contributed by atoms with Crippen LogP contribution in [0, 0.1) is 17.1 Å². The molecule has 2 aromatic carbocycles. The number of hydrogen-bond acceptors (Lipinski definition) is 7. The van der Waals surface area contributed by atoms with E-state index in [0.29, 0.717) is 5.56 Å². The molecule has 0 radical (unpaired) electrons. The highest BCUT2D eigenvalue weighted by atomic mass is 32.2. The van der Waals surface area contributed by atoms with Gasteiger partial charge in [0.05, 0.1) is 27.7 Å². The summed E-state index contributed by atoms with van der Waals surface area (Å²) in [4.78, 5) is 14.9. The van der Waals surface area contributed by atoms with Crippen LogP contribution in [-0.2, 0) is 10.0 Å². The third kappa shape index (κ3) is 4.10. The number of benzene rings is 2. The number of rotatable bonds is 6. The minimum absolute atomic E-state index is 0.0390. The Bertz CT molecular complexity index is 1220. The predicted octanol–water partition coefficient (Wildman–Crippen LogP) is 4.20. The Morgan fingerprint density at radius 1 is 1.33 bits per heavy atom. The molecule has 1 amide bonds. The molecule has 11 heteroatoms. The van der Waals surface area contributed by atoms with Gasteiger partial charge in [0, 0.05) is 10.9 Å². The van der Waals surface area contributed by atoms with E-state index in [2.05, 4.69) is 10.3 Å². The molecule has 30 heavy (non-hydrogen) atoms. The van der Waals surface area contributed by atoms with E-state index in [0.717, 1.165) is 17.4 Å². The zero-order chi connectivity index (χ0) is 21.9. The van der Waals surface area contributed by atoms with Gasteiger partial charge in [-0.1, -0.05) is 18.2 Å². The van der Waals surface area contributed by atoms with Crippen LogP contribution in [0.5, 0.6) is 0 Å². The fourth-order valence-electron chi connectivity index (χ4n) is 2.78. The Hall–Kier alpha value is -3.49. The number of amides is 1. The maximum atomic E-state index is 14.0. The van der Waals surface area contributed by atoms with E-state index >= 15 is 0 Å². The average Bonchev–Trinajstić information content (AvgIpc) is 3.21. The maximum Gasteiger partial charge on any atom is 0.427 e. The number of hydrogen-bond donors (Lipinski definition) is 2. The van der Waals surface area contributed by atoms with Gasteiger partial charge in [-0.05, 0) is 31.2 Å². The van der Waals surface area contributed by atoms with Gasteiger partial charge >= 0.3 is 6.09 Å². The van der Waals surface area contributed by atoms with Crippen molar-refractivity contribution >= 4 is 39.0 Å². The first-order chi connectivity index (χ1) is 14.3. The first-order valence-electron chi connectivity index (χ1n) is 8.47. The molecule has 0 bridgehead atoms. The quantitative estimate of drug-likeness (QED) is 0.581. The van der Waals surface area contributed by atoms with Crippen molar-refractivity contribution in [2.75, 3.05) is 9.62 Å². The minimum Gasteiger partial charge on any atom is -0.464 e. The summed E-state index contributed by atoms with van der Waals surface area (Å²) in [6, 6.07) is 11.1. The summed E-state index contributed by atoms with van der Waals surface area (Å²) in [7, 11) is -4.52. The number of carboxylic acid groups (broad SMARTS) is 1. The van der Waals surface area contributed by atoms with Gasteiger partial charge in [0.15, 0.2) is 5.82 Å². The van der Waals surface area contributed by atoms with Gasteiger partial charge in [0.25, 0.3) is 10.0 Å². The number of halogens is 1. The second-order valence-corrected chi connectivity index (χ2v) is 8.61. The molecule has 0 spiro atoms. The number of sulfonamides is 1. The topological polar surface area (TPSA) is 123 Å². The van der Waals surface area contributed by atoms with Crippen LogP contribution in [-0.4, -0.2) is 24.6 Å². The molecule has 0 saturated carbocycles. The zero-order valence-electron chi connectivity index (χ0n) is 15.5. The van der Waals surface area contributed by atoms with Gasteiger partial charge in [0.2, 0.25) is 0 Å². The van der Waals surface area contributed by atoms with E-state index in [1.165, 1.54) is 29.1 Å². The largest absolute Gasteiger partial charge is 0.464 e. The molecule has 1 atom stereocenters. The Morgan fingerprint density at radius 2 is 2.07 bits per heavy atom. The molecule has 0 fully saturated rings. The Morgan fingerprint density at radius 3 is 2.67 bits per heavy atom. The predicted molar refractivity (Wildman–Crippen MR) is 109 cm³/mol. The van der Waals surface area contributed by atoms with Crippen LogP contribution in [0.2, 0.25) is 0 Å². The van der Waals surface area contributed by atoms with E-state index in [1.807, 2.05) is 6.07 Å². The fourth-order valence-corrected chi connectivity index (χ4v) is 4.63. The fraction of sp³-hybridized carbons (Fsp3) is 0.105. The number of aromatic nitrogens is 1. The molecule has 154 valence electrons. The molecule has 0 aliphatic carbocycles. The molecule has 2 N–H and O–H groups in total. The lowest BCUT2D eigenvalue weighted by Crippen LogP contribution is -2.36. The highest BCUT2D eigenvalue weighted by Gasteiger charge is 2.33. The highest BCUT2D eigenvalue weighted by Crippen LogP contribution is 2.29. The molecular formula is C19H15FN4O4S2. The second-order valence-electron chi connectivity index (χ2n) is 6.11. The molecule has 0 saturated heterocycles. The molecule has 1 heterocycles. The molecule has 0 unspecified atom stereocenters. The minimum atomic E-state index is -4.52. The third-order valence-electron chi connectivity index (χ3n) is 4.19. The number of anilines is 2. The Kier molecular flexibility index (Phi) is 6.00. The number of thiazole rings is 1. The highest BCUT2D eigenvalue weighted by molar-refractivity contribution is 7.93. The zero-order valence-corrected chi connectivity index (χ0v) is 17.1. The summed E-state index contributed by atoms with van der Waals surface area (Å²) in [6.07, 6.45) is -1.73. The molecule has 0 aliphatic heterocycles. The van der Waals surface area contributed by atoms with Gasteiger partial charge in [-0.3, -0.25) is 0 Å². The lowest BCUT2D eigenvalue weighted by atomic mass is 10.1. The van der Waals surface area contributed by atoms with Crippen molar-refractivity contribution in [1.29, 1.82) is 5.26 Å². The smallest absolute Gasteiger partial charge is 0.427 e. The molecule has 3 aromatic rings. The van der Waals surface area contributed by atoms with Gasteiger partial charge in [0.1, 0.15) is 11.9 Å². The SMILES string of the molecule is C[C@H](Nc1ccc(S(=O)(=O)N(C(=O)O)c2cscn2)cc1C#N)c1ccccc1F. The van der Waals surface area contributed by atoms with E-state index in [9.17, 15) is 28.0 Å². The van der Waals surface area contributed by atoms with Crippen molar-refractivity contribution in [2.24, 2.45) is 0 Å². The van der Waals surface area contributed by atoms with Crippen molar-refractivity contribution < 1.29 is 22.7 Å². The van der Waals surface area contributed by atoms with Crippen molar-refractivity contribution in [2.45, 2.75) is 17.9 Å². The summed E-state index contributed by atoms with van der Waals surface area (Å²) < 4.78 is 39.9. The summed E-state index contributed by atoms with van der Waals surface area (Å²) in [5.74, 6) is -0.683. The second kappa shape index (κ2) is 8.48. The lowest BCUT2D eigenvalue weighted by molar-refractivity contribution is 0.206. The summed E-state index contributed by atoms with van der Waals surface area (Å²) in [5, 5.41) is 23.1. The van der Waals surface area contributed by atoms with Crippen LogP contribution in [0.4, 0.5) is 20.7 Å². The first-order valence-corrected chi connectivity index (χ1v) is 10.9. The monoisotopic (exact) mass is 446 g/mol. The summed E-state index contributed by atoms with van der Waals surface area (Å²) in [5.41, 5.74) is 1.92. The lowest BCUT2D eigenvalue weighted by Gasteiger charge is -2.19. The van der Waals surface area contributed by atoms with Crippen molar-refractivity contribution in [3.63, 3.8) is 0 Å². The number of carbonyl (C=O) groups is 1. The first kappa shape index (κ1) is 21.2. The molecular weight excluding hydrogens is 431 g/mol. The van der Waals surface area contributed by atoms with Crippen LogP contribution in [0.3, 0.4) is 0 Å². The molecule has 0 aliphatic rings. The maximum absolute atomic E-state index is 14.0. The van der Waals surface area contributed by atoms with Crippen molar-refractivity contribution in [1.82, 2.24) is 4.98 Å². The van der Waals surface area contributed by atoms with Gasteiger partial charge < -0.3 is 10.4 Å². The van der Waals surface area contributed by atoms with Gasteiger partial charge in [-0.15, -0.1) is 15.6 Å². The summed E-state index contributed by atoms with van der Waals surface area (Å²) in [6.45, 7) is 1.69. The van der Waals surface area contributed by atoms with E-state index in [1.54, 1.807) is 25.1 Å². The van der Waals surface area contributed by atoms with E-state index < -0.39 is 32.9 Å². The van der Waals surface area contributed by atoms with Crippen molar-refractivity contribution in [3.05, 3.63) is 70.3 Å². The van der Waals surface area contributed by atoms with Crippen molar-refractivity contribution in [3.8, 4) is 6.07 Å². The number of nitriles is 1. The van der Waals surface area contributed by atoms with Crippen LogP contribution >= 0.6 is 11.3 Å². The normalized spacial score (nSPS) is 12.0. The molecule has 8 nitrogen and oxygen atoms in total. The van der Waals surface area contributed by atoms with Gasteiger partial charge in [-0.25, -0.2) is 22.6 Å². The number of nitrogens with zero attached hydrogens (tertiary/aromatic N) is 3. The molecule has 3 rings (SSSR count). The van der Waals surface area contributed by atoms with E-state index in [4.69, 9.17) is 0 Å². The molecule has 1 aromatic heterocycles. The Labute approximate surface area is 175 Å². The van der Waals surface area contributed by atoms with Crippen LogP contribution in [0.1, 0.15) is 24.1 Å². The standard InChI is InChI=1S/C19H15FN4O4S2/c1-12(15-4-2-3-5-16(15)20)23-17-7-6-14(8-13(17)9-21)30(27,28)24(19(25)26)18-10-29-11-22-18/h2-8,10-12,23H,1H3,(H,25,26)/t12-/m0/s1.